The molecule has 1 N–H and O–H groups in total. The number of rotatable bonds is 9. The van der Waals surface area contributed by atoms with Gasteiger partial charge in [-0.15, -0.1) is 0 Å². The average molecular weight is 557 g/mol. The van der Waals surface area contributed by atoms with Crippen molar-refractivity contribution >= 4 is 34.5 Å². The fourth-order valence-corrected chi connectivity index (χ4v) is 5.18. The Morgan fingerprint density at radius 1 is 0.875 bits per heavy atom. The first-order chi connectivity index (χ1) is 19.4. The first-order valence-corrected chi connectivity index (χ1v) is 14.1. The third kappa shape index (κ3) is 6.84. The number of unbranched alkanes of at least 4 members (excludes halogenated alkanes) is 1. The molecule has 1 amide bonds. The maximum atomic E-state index is 13.4. The summed E-state index contributed by atoms with van der Waals surface area (Å²) in [5.74, 6) is -0.801. The predicted molar refractivity (Wildman–Crippen MR) is 158 cm³/mol. The fourth-order valence-electron chi connectivity index (χ4n) is 5.05. The molecule has 8 heteroatoms. The van der Waals surface area contributed by atoms with Gasteiger partial charge in [-0.05, 0) is 62.1 Å². The fraction of sp³-hybridized carbons (Fsp3) is 0.312. The predicted octanol–water partition coefficient (Wildman–Crippen LogP) is 6.01. The van der Waals surface area contributed by atoms with E-state index in [1.165, 1.54) is 11.1 Å². The normalized spacial score (nSPS) is 14.0. The summed E-state index contributed by atoms with van der Waals surface area (Å²) in [6.45, 7) is 6.00. The Morgan fingerprint density at radius 3 is 2.30 bits per heavy atom. The Morgan fingerprint density at radius 2 is 1.60 bits per heavy atom. The van der Waals surface area contributed by atoms with E-state index in [0.717, 1.165) is 36.6 Å². The molecule has 3 aromatic carbocycles. The number of amides is 1. The molecule has 0 aliphatic carbocycles. The van der Waals surface area contributed by atoms with Crippen LogP contribution in [0.2, 0.25) is 5.02 Å². The molecule has 40 heavy (non-hydrogen) atoms. The standard InChI is InChI=1S/C32H33ClN4O3/c1-22-6-8-23(9-7-22)21-36-16-18-37(19-17-36)32(40)25-12-15-27-29(20-25)34-28(4-2-3-5-30(38)39)31(35-27)24-10-13-26(33)14-11-24/h6-15,20H,2-5,16-19,21H2,1H3,(H,38,39). The number of aryl methyl sites for hydroxylation is 2. The van der Waals surface area contributed by atoms with E-state index in [9.17, 15) is 9.59 Å². The van der Waals surface area contributed by atoms with Gasteiger partial charge in [-0.25, -0.2) is 9.97 Å². The van der Waals surface area contributed by atoms with Gasteiger partial charge in [-0.1, -0.05) is 53.6 Å². The first kappa shape index (κ1) is 27.7. The molecule has 1 aliphatic rings. The summed E-state index contributed by atoms with van der Waals surface area (Å²) in [4.78, 5) is 38.5. The number of benzene rings is 3. The molecule has 5 rings (SSSR count). The van der Waals surface area contributed by atoms with Crippen molar-refractivity contribution in [3.05, 3.63) is 94.1 Å². The van der Waals surface area contributed by atoms with E-state index in [4.69, 9.17) is 26.7 Å². The van der Waals surface area contributed by atoms with Gasteiger partial charge < -0.3 is 10.0 Å². The number of piperazine rings is 1. The minimum absolute atomic E-state index is 0.00321. The Labute approximate surface area is 239 Å². The number of hydrogen-bond acceptors (Lipinski definition) is 5. The van der Waals surface area contributed by atoms with Crippen LogP contribution in [-0.2, 0) is 17.8 Å². The van der Waals surface area contributed by atoms with Gasteiger partial charge in [0, 0.05) is 55.3 Å². The lowest BCUT2D eigenvalue weighted by Crippen LogP contribution is -2.48. The lowest BCUT2D eigenvalue weighted by Gasteiger charge is -2.34. The van der Waals surface area contributed by atoms with E-state index >= 15 is 0 Å². The summed E-state index contributed by atoms with van der Waals surface area (Å²) in [6, 6.07) is 21.6. The molecular formula is C32H33ClN4O3. The summed E-state index contributed by atoms with van der Waals surface area (Å²) in [6.07, 6.45) is 1.95. The number of carboxylic acids is 1. The van der Waals surface area contributed by atoms with Crippen molar-refractivity contribution in [2.45, 2.75) is 39.2 Å². The van der Waals surface area contributed by atoms with Crippen LogP contribution in [0.1, 0.15) is 46.4 Å². The Hall–Kier alpha value is -3.81. The number of carbonyl (C=O) groups is 2. The maximum absolute atomic E-state index is 13.4. The number of hydrogen-bond donors (Lipinski definition) is 1. The Bertz CT molecular complexity index is 1500. The van der Waals surface area contributed by atoms with E-state index in [2.05, 4.69) is 36.1 Å². The minimum atomic E-state index is -0.804. The number of carbonyl (C=O) groups excluding carboxylic acids is 1. The topological polar surface area (TPSA) is 86.6 Å². The number of fused-ring (bicyclic) bond motifs is 1. The summed E-state index contributed by atoms with van der Waals surface area (Å²) < 4.78 is 0. The molecule has 4 aromatic rings. The van der Waals surface area contributed by atoms with Crippen LogP contribution in [0.5, 0.6) is 0 Å². The van der Waals surface area contributed by atoms with Gasteiger partial charge in [-0.2, -0.15) is 0 Å². The van der Waals surface area contributed by atoms with Crippen molar-refractivity contribution in [3.8, 4) is 11.3 Å². The lowest BCUT2D eigenvalue weighted by atomic mass is 10.0. The van der Waals surface area contributed by atoms with E-state index in [1.807, 2.05) is 47.4 Å². The highest BCUT2D eigenvalue weighted by molar-refractivity contribution is 6.30. The number of halogens is 1. The summed E-state index contributed by atoms with van der Waals surface area (Å²) >= 11 is 6.10. The second-order valence-corrected chi connectivity index (χ2v) is 10.8. The van der Waals surface area contributed by atoms with Crippen LogP contribution < -0.4 is 0 Å². The van der Waals surface area contributed by atoms with Gasteiger partial charge in [-0.3, -0.25) is 14.5 Å². The van der Waals surface area contributed by atoms with Gasteiger partial charge in [0.1, 0.15) is 0 Å². The molecule has 0 radical (unpaired) electrons. The minimum Gasteiger partial charge on any atom is -0.481 e. The van der Waals surface area contributed by atoms with Crippen molar-refractivity contribution < 1.29 is 14.7 Å². The van der Waals surface area contributed by atoms with Gasteiger partial charge >= 0.3 is 5.97 Å². The first-order valence-electron chi connectivity index (χ1n) is 13.7. The molecule has 1 aliphatic heterocycles. The quantitative estimate of drug-likeness (QED) is 0.254. The molecule has 7 nitrogen and oxygen atoms in total. The van der Waals surface area contributed by atoms with Crippen LogP contribution in [0.15, 0.2) is 66.7 Å². The second kappa shape index (κ2) is 12.6. The molecule has 1 fully saturated rings. The van der Waals surface area contributed by atoms with E-state index in [0.29, 0.717) is 54.0 Å². The van der Waals surface area contributed by atoms with Crippen LogP contribution in [0, 0.1) is 6.92 Å². The lowest BCUT2D eigenvalue weighted by molar-refractivity contribution is -0.137. The highest BCUT2D eigenvalue weighted by Gasteiger charge is 2.23. The number of aliphatic carboxylic acids is 1. The average Bonchev–Trinajstić information content (AvgIpc) is 2.96. The van der Waals surface area contributed by atoms with Crippen LogP contribution in [0.25, 0.3) is 22.3 Å². The van der Waals surface area contributed by atoms with Crippen molar-refractivity contribution in [2.24, 2.45) is 0 Å². The summed E-state index contributed by atoms with van der Waals surface area (Å²) in [5.41, 5.74) is 6.95. The summed E-state index contributed by atoms with van der Waals surface area (Å²) in [5, 5.41) is 9.65. The SMILES string of the molecule is Cc1ccc(CN2CCN(C(=O)c3ccc4nc(-c5ccc(Cl)cc5)c(CCCCC(=O)O)nc4c3)CC2)cc1. The van der Waals surface area contributed by atoms with E-state index < -0.39 is 5.97 Å². The smallest absolute Gasteiger partial charge is 0.303 e. The number of carboxylic acid groups (broad SMARTS) is 1. The van der Waals surface area contributed by atoms with Crippen molar-refractivity contribution in [1.29, 1.82) is 0 Å². The number of nitrogens with zero attached hydrogens (tertiary/aromatic N) is 4. The van der Waals surface area contributed by atoms with Gasteiger partial charge in [0.05, 0.1) is 22.4 Å². The summed E-state index contributed by atoms with van der Waals surface area (Å²) in [7, 11) is 0. The second-order valence-electron chi connectivity index (χ2n) is 10.4. The van der Waals surface area contributed by atoms with Crippen molar-refractivity contribution in [2.75, 3.05) is 26.2 Å². The van der Waals surface area contributed by atoms with Gasteiger partial charge in [0.15, 0.2) is 0 Å². The zero-order valence-electron chi connectivity index (χ0n) is 22.6. The third-order valence-electron chi connectivity index (χ3n) is 7.34. The van der Waals surface area contributed by atoms with Gasteiger partial charge in [0.25, 0.3) is 5.91 Å². The largest absolute Gasteiger partial charge is 0.481 e. The zero-order chi connectivity index (χ0) is 28.1. The van der Waals surface area contributed by atoms with Crippen LogP contribution in [0.3, 0.4) is 0 Å². The highest BCUT2D eigenvalue weighted by atomic mass is 35.5. The van der Waals surface area contributed by atoms with Crippen LogP contribution >= 0.6 is 11.6 Å². The van der Waals surface area contributed by atoms with Gasteiger partial charge in [0.2, 0.25) is 0 Å². The third-order valence-corrected chi connectivity index (χ3v) is 7.59. The van der Waals surface area contributed by atoms with E-state index in [-0.39, 0.29) is 12.3 Å². The highest BCUT2D eigenvalue weighted by Crippen LogP contribution is 2.27. The molecule has 1 saturated heterocycles. The molecule has 1 aromatic heterocycles. The molecule has 2 heterocycles. The zero-order valence-corrected chi connectivity index (χ0v) is 23.4. The molecular weight excluding hydrogens is 524 g/mol. The number of aromatic nitrogens is 2. The Balaban J connectivity index is 1.32. The molecule has 206 valence electrons. The Kier molecular flexibility index (Phi) is 8.72. The van der Waals surface area contributed by atoms with Crippen LogP contribution in [-0.4, -0.2) is 62.9 Å². The molecule has 0 unspecified atom stereocenters. The van der Waals surface area contributed by atoms with Crippen molar-refractivity contribution in [1.82, 2.24) is 19.8 Å². The maximum Gasteiger partial charge on any atom is 0.303 e. The monoisotopic (exact) mass is 556 g/mol. The molecule has 0 saturated carbocycles. The van der Waals surface area contributed by atoms with Crippen LogP contribution in [0.4, 0.5) is 0 Å². The molecule has 0 bridgehead atoms. The van der Waals surface area contributed by atoms with Crippen molar-refractivity contribution in [3.63, 3.8) is 0 Å². The molecule has 0 spiro atoms. The van der Waals surface area contributed by atoms with E-state index in [1.54, 1.807) is 0 Å². The molecule has 0 atom stereocenters.